The van der Waals surface area contributed by atoms with Gasteiger partial charge in [0.15, 0.2) is 11.5 Å². The van der Waals surface area contributed by atoms with E-state index in [1.165, 1.54) is 0 Å². The number of anilines is 2. The summed E-state index contributed by atoms with van der Waals surface area (Å²) >= 11 is 0. The highest BCUT2D eigenvalue weighted by Crippen LogP contribution is 2.23. The molecule has 182 valence electrons. The van der Waals surface area contributed by atoms with Crippen molar-refractivity contribution in [2.75, 3.05) is 30.3 Å². The van der Waals surface area contributed by atoms with Crippen molar-refractivity contribution in [2.24, 2.45) is 0 Å². The number of nitrogens with zero attached hydrogens (tertiary/aromatic N) is 5. The Labute approximate surface area is 205 Å². The predicted molar refractivity (Wildman–Crippen MR) is 137 cm³/mol. The summed E-state index contributed by atoms with van der Waals surface area (Å²) < 4.78 is 1.85. The first-order chi connectivity index (χ1) is 17.0. The summed E-state index contributed by atoms with van der Waals surface area (Å²) in [6, 6.07) is 14.0. The van der Waals surface area contributed by atoms with Crippen LogP contribution in [0.5, 0.6) is 0 Å². The molecule has 3 aromatic heterocycles. The van der Waals surface area contributed by atoms with Gasteiger partial charge in [-0.05, 0) is 36.9 Å². The summed E-state index contributed by atoms with van der Waals surface area (Å²) in [5.74, 6) is 2.56. The highest BCUT2D eigenvalue weighted by molar-refractivity contribution is 5.59. The molecule has 0 aliphatic carbocycles. The fourth-order valence-corrected chi connectivity index (χ4v) is 4.26. The van der Waals surface area contributed by atoms with Crippen molar-refractivity contribution in [1.82, 2.24) is 29.9 Å². The topological polar surface area (TPSA) is 112 Å². The van der Waals surface area contributed by atoms with Gasteiger partial charge in [-0.25, -0.2) is 15.0 Å². The number of hydrogen-bond donors (Lipinski definition) is 4. The fraction of sp³-hybridized carbons (Fsp3) is 0.385. The number of rotatable bonds is 8. The van der Waals surface area contributed by atoms with E-state index >= 15 is 0 Å². The molecule has 1 unspecified atom stereocenters. The molecule has 4 heterocycles. The number of aliphatic hydroxyl groups is 1. The quantitative estimate of drug-likeness (QED) is 0.309. The van der Waals surface area contributed by atoms with E-state index in [0.29, 0.717) is 37.2 Å². The summed E-state index contributed by atoms with van der Waals surface area (Å²) in [5, 5.41) is 25.8. The molecule has 1 aromatic carbocycles. The Hall–Kier alpha value is -3.56. The van der Waals surface area contributed by atoms with Crippen LogP contribution < -0.4 is 16.0 Å². The average Bonchev–Trinajstić information content (AvgIpc) is 3.32. The van der Waals surface area contributed by atoms with Crippen molar-refractivity contribution in [1.29, 1.82) is 0 Å². The minimum atomic E-state index is -0.771. The van der Waals surface area contributed by atoms with Crippen LogP contribution in [-0.2, 0) is 6.54 Å². The van der Waals surface area contributed by atoms with Crippen molar-refractivity contribution in [3.05, 3.63) is 66.1 Å². The maximum absolute atomic E-state index is 10.9. The summed E-state index contributed by atoms with van der Waals surface area (Å²) in [5.41, 5.74) is 3.10. The van der Waals surface area contributed by atoms with Gasteiger partial charge in [0.25, 0.3) is 0 Å². The molecule has 1 saturated heterocycles. The van der Waals surface area contributed by atoms with Gasteiger partial charge in [0.05, 0.1) is 11.3 Å². The average molecular weight is 473 g/mol. The van der Waals surface area contributed by atoms with Crippen molar-refractivity contribution >= 4 is 17.3 Å². The smallest absolute Gasteiger partial charge is 0.160 e. The Morgan fingerprint density at radius 3 is 2.63 bits per heavy atom. The van der Waals surface area contributed by atoms with Crippen LogP contribution in [0.1, 0.15) is 43.9 Å². The van der Waals surface area contributed by atoms with E-state index in [0.717, 1.165) is 47.7 Å². The van der Waals surface area contributed by atoms with Gasteiger partial charge in [0, 0.05) is 49.7 Å². The Bertz CT molecular complexity index is 1260. The van der Waals surface area contributed by atoms with Crippen LogP contribution in [0.25, 0.3) is 17.0 Å². The first-order valence-electron chi connectivity index (χ1n) is 12.2. The zero-order chi connectivity index (χ0) is 24.3. The lowest BCUT2D eigenvalue weighted by atomic mass is 9.94. The largest absolute Gasteiger partial charge is 0.387 e. The van der Waals surface area contributed by atoms with Crippen LogP contribution in [0.15, 0.2) is 54.9 Å². The molecule has 0 spiro atoms. The second kappa shape index (κ2) is 9.97. The number of nitrogens with one attached hydrogen (secondary N) is 3. The highest BCUT2D eigenvalue weighted by atomic mass is 16.3. The molecule has 0 saturated carbocycles. The van der Waals surface area contributed by atoms with Crippen molar-refractivity contribution in [2.45, 2.75) is 44.8 Å². The molecule has 35 heavy (non-hydrogen) atoms. The third kappa shape index (κ3) is 5.41. The molecule has 9 heteroatoms. The second-order valence-electron chi connectivity index (χ2n) is 9.50. The lowest BCUT2D eigenvalue weighted by Gasteiger charge is -2.32. The Kier molecular flexibility index (Phi) is 6.61. The second-order valence-corrected chi connectivity index (χ2v) is 9.50. The summed E-state index contributed by atoms with van der Waals surface area (Å²) in [4.78, 5) is 13.4. The molecule has 0 amide bonds. The Balaban J connectivity index is 1.35. The van der Waals surface area contributed by atoms with E-state index in [2.05, 4.69) is 51.9 Å². The molecule has 4 aromatic rings. The zero-order valence-corrected chi connectivity index (χ0v) is 20.2. The van der Waals surface area contributed by atoms with Crippen LogP contribution in [-0.4, -0.2) is 54.9 Å². The molecule has 1 aliphatic rings. The molecule has 0 bridgehead atoms. The number of benzene rings is 1. The van der Waals surface area contributed by atoms with Crippen LogP contribution in [0.4, 0.5) is 11.6 Å². The monoisotopic (exact) mass is 472 g/mol. The fourth-order valence-electron chi connectivity index (χ4n) is 4.26. The summed E-state index contributed by atoms with van der Waals surface area (Å²) in [6.45, 7) is 6.85. The van der Waals surface area contributed by atoms with E-state index in [4.69, 9.17) is 10.1 Å². The Morgan fingerprint density at radius 2 is 1.91 bits per heavy atom. The van der Waals surface area contributed by atoms with Crippen LogP contribution >= 0.6 is 0 Å². The normalized spacial score (nSPS) is 18.2. The molecular formula is C26H32N8O. The summed E-state index contributed by atoms with van der Waals surface area (Å²) in [6.07, 6.45) is 5.23. The van der Waals surface area contributed by atoms with Crippen molar-refractivity contribution in [3.8, 4) is 11.4 Å². The number of hydrogen-bond acceptors (Lipinski definition) is 8. The predicted octanol–water partition coefficient (Wildman–Crippen LogP) is 3.45. The van der Waals surface area contributed by atoms with Crippen LogP contribution in [0.3, 0.4) is 0 Å². The van der Waals surface area contributed by atoms with Crippen molar-refractivity contribution in [3.63, 3.8) is 0 Å². The van der Waals surface area contributed by atoms with E-state index in [9.17, 15) is 5.11 Å². The van der Waals surface area contributed by atoms with Gasteiger partial charge < -0.3 is 21.1 Å². The van der Waals surface area contributed by atoms with Gasteiger partial charge in [-0.2, -0.15) is 9.61 Å². The molecular weight excluding hydrogens is 440 g/mol. The molecule has 0 radical (unpaired) electrons. The molecule has 1 aliphatic heterocycles. The Morgan fingerprint density at radius 1 is 1.11 bits per heavy atom. The molecule has 9 nitrogen and oxygen atoms in total. The minimum absolute atomic E-state index is 0.294. The maximum Gasteiger partial charge on any atom is 0.160 e. The number of fused-ring (bicyclic) bond motifs is 1. The van der Waals surface area contributed by atoms with Crippen LogP contribution in [0.2, 0.25) is 0 Å². The van der Waals surface area contributed by atoms with Gasteiger partial charge in [0.1, 0.15) is 11.6 Å². The zero-order valence-electron chi connectivity index (χ0n) is 20.2. The lowest BCUT2D eigenvalue weighted by molar-refractivity contribution is 0.0291. The number of aromatic nitrogens is 5. The molecule has 5 rings (SSSR count). The van der Waals surface area contributed by atoms with Gasteiger partial charge in [-0.3, -0.25) is 0 Å². The number of β-amino-alcohol motifs (C(OH)–C–C–N with tert-alkyl or cyclic N) is 1. The standard InChI is InChI=1S/C26H32N8O/c1-18(2)21-13-24-32-22(31-17-26(35)9-3-10-27-16-26)14-23(34(24)33-21)30-15-19-5-7-20(8-6-19)25-28-11-4-12-29-25/h4-8,11-14,18,27,30,35H,3,9-10,15-17H2,1-2H3,(H,31,32). The highest BCUT2D eigenvalue weighted by Gasteiger charge is 2.29. The minimum Gasteiger partial charge on any atom is -0.387 e. The first kappa shape index (κ1) is 23.2. The van der Waals surface area contributed by atoms with E-state index < -0.39 is 5.60 Å². The summed E-state index contributed by atoms with van der Waals surface area (Å²) in [7, 11) is 0. The number of piperidine rings is 1. The van der Waals surface area contributed by atoms with Crippen LogP contribution in [0, 0.1) is 0 Å². The van der Waals surface area contributed by atoms with Gasteiger partial charge >= 0.3 is 0 Å². The first-order valence-corrected chi connectivity index (χ1v) is 12.2. The molecule has 4 N–H and O–H groups in total. The van der Waals surface area contributed by atoms with Gasteiger partial charge in [0.2, 0.25) is 0 Å². The third-order valence-corrected chi connectivity index (χ3v) is 6.34. The molecule has 1 fully saturated rings. The molecule has 1 atom stereocenters. The SMILES string of the molecule is CC(C)c1cc2nc(NCC3(O)CCCNC3)cc(NCc3ccc(-c4ncccn4)cc3)n2n1. The third-order valence-electron chi connectivity index (χ3n) is 6.34. The van der Waals surface area contributed by atoms with Crippen molar-refractivity contribution < 1.29 is 5.11 Å². The van der Waals surface area contributed by atoms with Gasteiger partial charge in [-0.1, -0.05) is 38.1 Å². The van der Waals surface area contributed by atoms with Gasteiger partial charge in [-0.15, -0.1) is 0 Å². The lowest BCUT2D eigenvalue weighted by Crippen LogP contribution is -2.50. The maximum atomic E-state index is 10.9. The van der Waals surface area contributed by atoms with E-state index in [-0.39, 0.29) is 0 Å². The van der Waals surface area contributed by atoms with E-state index in [1.807, 2.05) is 34.8 Å². The van der Waals surface area contributed by atoms with E-state index in [1.54, 1.807) is 12.4 Å².